The van der Waals surface area contributed by atoms with E-state index in [1.54, 1.807) is 6.08 Å². The summed E-state index contributed by atoms with van der Waals surface area (Å²) in [6.07, 6.45) is 4.81. The van der Waals surface area contributed by atoms with Gasteiger partial charge in [-0.3, -0.25) is 9.59 Å². The summed E-state index contributed by atoms with van der Waals surface area (Å²) < 4.78 is -0.209. The number of rotatable bonds is 2. The van der Waals surface area contributed by atoms with Crippen LogP contribution < -0.4 is 0 Å². The van der Waals surface area contributed by atoms with Crippen molar-refractivity contribution in [3.05, 3.63) is 12.2 Å². The molecule has 0 saturated carbocycles. The van der Waals surface area contributed by atoms with E-state index in [0.29, 0.717) is 6.42 Å². The quantitative estimate of drug-likeness (QED) is 0.581. The van der Waals surface area contributed by atoms with Crippen LogP contribution in [0.3, 0.4) is 0 Å². The Morgan fingerprint density at radius 2 is 2.17 bits per heavy atom. The van der Waals surface area contributed by atoms with Gasteiger partial charge in [0, 0.05) is 5.92 Å². The summed E-state index contributed by atoms with van der Waals surface area (Å²) in [6, 6.07) is 0. The molecule has 0 aromatic carbocycles. The van der Waals surface area contributed by atoms with Gasteiger partial charge in [-0.25, -0.2) is 0 Å². The summed E-state index contributed by atoms with van der Waals surface area (Å²) in [5, 5.41) is 8.73. The first kappa shape index (κ1) is 9.45. The average molecular weight is 233 g/mol. The van der Waals surface area contributed by atoms with Crippen LogP contribution in [0.1, 0.15) is 12.8 Å². The predicted octanol–water partition coefficient (Wildman–Crippen LogP) is 1.57. The van der Waals surface area contributed by atoms with Gasteiger partial charge in [0.25, 0.3) is 0 Å². The average Bonchev–Trinajstić information content (AvgIpc) is 2.04. The molecule has 1 aliphatic rings. The SMILES string of the molecule is O=C(O)C1C=CCCC1C(=O)Br. The molecule has 0 saturated heterocycles. The Kier molecular flexibility index (Phi) is 3.03. The molecule has 66 valence electrons. The number of carbonyl (C=O) groups excluding carboxylic acids is 1. The van der Waals surface area contributed by atoms with Gasteiger partial charge < -0.3 is 5.11 Å². The number of carboxylic acids is 1. The molecule has 0 aromatic heterocycles. The fraction of sp³-hybridized carbons (Fsp3) is 0.500. The zero-order valence-corrected chi connectivity index (χ0v) is 7.95. The van der Waals surface area contributed by atoms with Crippen molar-refractivity contribution in [1.82, 2.24) is 0 Å². The Labute approximate surface area is 78.6 Å². The van der Waals surface area contributed by atoms with Crippen molar-refractivity contribution in [3.8, 4) is 0 Å². The highest BCUT2D eigenvalue weighted by Crippen LogP contribution is 2.27. The first-order valence-corrected chi connectivity index (χ1v) is 4.51. The Bertz CT molecular complexity index is 234. The van der Waals surface area contributed by atoms with Gasteiger partial charge in [0.15, 0.2) is 0 Å². The summed E-state index contributed by atoms with van der Waals surface area (Å²) in [5.41, 5.74) is 0. The zero-order chi connectivity index (χ0) is 9.14. The van der Waals surface area contributed by atoms with E-state index in [1.807, 2.05) is 6.08 Å². The van der Waals surface area contributed by atoms with E-state index in [1.165, 1.54) is 0 Å². The molecule has 0 aliphatic heterocycles. The van der Waals surface area contributed by atoms with Crippen LogP contribution in [-0.4, -0.2) is 15.8 Å². The van der Waals surface area contributed by atoms with E-state index < -0.39 is 17.8 Å². The first-order valence-electron chi connectivity index (χ1n) is 3.71. The van der Waals surface area contributed by atoms with E-state index >= 15 is 0 Å². The minimum absolute atomic E-state index is 0.209. The summed E-state index contributed by atoms with van der Waals surface area (Å²) in [4.78, 5) is 21.6. The van der Waals surface area contributed by atoms with E-state index in [-0.39, 0.29) is 4.69 Å². The molecule has 0 fully saturated rings. The molecule has 0 heterocycles. The molecular formula is C8H9BrO3. The third-order valence-corrected chi connectivity index (χ3v) is 2.59. The molecule has 3 nitrogen and oxygen atoms in total. The van der Waals surface area contributed by atoms with Crippen molar-refractivity contribution in [2.45, 2.75) is 12.8 Å². The highest BCUT2D eigenvalue weighted by Gasteiger charge is 2.31. The first-order chi connectivity index (χ1) is 5.63. The number of carbonyl (C=O) groups is 2. The second-order valence-corrected chi connectivity index (χ2v) is 3.56. The molecule has 0 bridgehead atoms. The molecule has 0 radical (unpaired) electrons. The number of carboxylic acid groups (broad SMARTS) is 1. The number of hydrogen-bond acceptors (Lipinski definition) is 2. The molecular weight excluding hydrogens is 224 g/mol. The third kappa shape index (κ3) is 1.94. The molecule has 4 heteroatoms. The topological polar surface area (TPSA) is 54.4 Å². The van der Waals surface area contributed by atoms with E-state index in [4.69, 9.17) is 5.11 Å². The maximum atomic E-state index is 10.9. The fourth-order valence-corrected chi connectivity index (χ4v) is 1.86. The molecule has 1 aliphatic carbocycles. The molecule has 0 aromatic rings. The second-order valence-electron chi connectivity index (χ2n) is 2.78. The van der Waals surface area contributed by atoms with Gasteiger partial charge in [0.1, 0.15) is 0 Å². The summed E-state index contributed by atoms with van der Waals surface area (Å²) in [7, 11) is 0. The largest absolute Gasteiger partial charge is 0.481 e. The van der Waals surface area contributed by atoms with Crippen molar-refractivity contribution in [3.63, 3.8) is 0 Å². The van der Waals surface area contributed by atoms with Gasteiger partial charge in [0.2, 0.25) is 4.69 Å². The Hall–Kier alpha value is -0.640. The van der Waals surface area contributed by atoms with Crippen molar-refractivity contribution >= 4 is 26.6 Å². The Morgan fingerprint density at radius 3 is 2.58 bits per heavy atom. The van der Waals surface area contributed by atoms with E-state index in [0.717, 1.165) is 6.42 Å². The van der Waals surface area contributed by atoms with Crippen LogP contribution in [-0.2, 0) is 9.59 Å². The van der Waals surface area contributed by atoms with Crippen LogP contribution >= 0.6 is 15.9 Å². The zero-order valence-electron chi connectivity index (χ0n) is 6.37. The monoisotopic (exact) mass is 232 g/mol. The smallest absolute Gasteiger partial charge is 0.311 e. The summed E-state index contributed by atoms with van der Waals surface area (Å²) >= 11 is 2.81. The standard InChI is InChI=1S/C8H9BrO3/c9-7(10)5-3-1-2-4-6(5)8(11)12/h2,4-6H,1,3H2,(H,11,12). The fourth-order valence-electron chi connectivity index (χ4n) is 1.34. The number of halogens is 1. The van der Waals surface area contributed by atoms with Gasteiger partial charge in [-0.2, -0.15) is 0 Å². The molecule has 2 atom stereocenters. The predicted molar refractivity (Wildman–Crippen MR) is 46.9 cm³/mol. The van der Waals surface area contributed by atoms with E-state index in [9.17, 15) is 9.59 Å². The van der Waals surface area contributed by atoms with Crippen molar-refractivity contribution in [2.75, 3.05) is 0 Å². The van der Waals surface area contributed by atoms with Crippen LogP contribution in [0, 0.1) is 11.8 Å². The van der Waals surface area contributed by atoms with Crippen LogP contribution in [0.15, 0.2) is 12.2 Å². The normalized spacial score (nSPS) is 28.4. The van der Waals surface area contributed by atoms with Crippen LogP contribution in [0.4, 0.5) is 0 Å². The van der Waals surface area contributed by atoms with E-state index in [2.05, 4.69) is 15.9 Å². The molecule has 2 unspecified atom stereocenters. The lowest BCUT2D eigenvalue weighted by Crippen LogP contribution is -2.27. The van der Waals surface area contributed by atoms with Gasteiger partial charge in [-0.05, 0) is 28.8 Å². The lowest BCUT2D eigenvalue weighted by Gasteiger charge is -2.20. The molecule has 1 N–H and O–H groups in total. The molecule has 0 spiro atoms. The van der Waals surface area contributed by atoms with Crippen molar-refractivity contribution in [2.24, 2.45) is 11.8 Å². The van der Waals surface area contributed by atoms with Gasteiger partial charge in [-0.1, -0.05) is 12.2 Å². The number of aliphatic carboxylic acids is 1. The third-order valence-electron chi connectivity index (χ3n) is 2.00. The van der Waals surface area contributed by atoms with Crippen LogP contribution in [0.5, 0.6) is 0 Å². The number of hydrogen-bond donors (Lipinski definition) is 1. The summed E-state index contributed by atoms with van der Waals surface area (Å²) in [6.45, 7) is 0. The maximum Gasteiger partial charge on any atom is 0.311 e. The van der Waals surface area contributed by atoms with Crippen LogP contribution in [0.25, 0.3) is 0 Å². The van der Waals surface area contributed by atoms with Gasteiger partial charge >= 0.3 is 5.97 Å². The number of allylic oxidation sites excluding steroid dienone is 1. The highest BCUT2D eigenvalue weighted by atomic mass is 79.9. The second kappa shape index (κ2) is 3.85. The lowest BCUT2D eigenvalue weighted by atomic mass is 9.85. The highest BCUT2D eigenvalue weighted by molar-refractivity contribution is 9.18. The molecule has 12 heavy (non-hydrogen) atoms. The Morgan fingerprint density at radius 1 is 1.50 bits per heavy atom. The van der Waals surface area contributed by atoms with Gasteiger partial charge in [-0.15, -0.1) is 0 Å². The van der Waals surface area contributed by atoms with Crippen LogP contribution in [0.2, 0.25) is 0 Å². The lowest BCUT2D eigenvalue weighted by molar-refractivity contribution is -0.143. The van der Waals surface area contributed by atoms with Crippen molar-refractivity contribution < 1.29 is 14.7 Å². The minimum atomic E-state index is -0.927. The minimum Gasteiger partial charge on any atom is -0.481 e. The van der Waals surface area contributed by atoms with Crippen molar-refractivity contribution in [1.29, 1.82) is 0 Å². The maximum absolute atomic E-state index is 10.9. The van der Waals surface area contributed by atoms with Gasteiger partial charge in [0.05, 0.1) is 5.92 Å². The summed E-state index contributed by atoms with van der Waals surface area (Å²) in [5.74, 6) is -1.97. The molecule has 1 rings (SSSR count). The Balaban J connectivity index is 2.79. The molecule has 0 amide bonds.